The summed E-state index contributed by atoms with van der Waals surface area (Å²) in [5, 5.41) is 0. The Kier molecular flexibility index (Phi) is 817. The zero-order valence-corrected chi connectivity index (χ0v) is 16.8. The Bertz CT molecular complexity index is 15.0. The van der Waals surface area contributed by atoms with E-state index >= 15 is 0 Å². The quantitative estimate of drug-likeness (QED) is 0.183. The third-order valence-corrected chi connectivity index (χ3v) is 0. The van der Waals surface area contributed by atoms with Crippen LogP contribution in [0.3, 0.4) is 0 Å². The van der Waals surface area contributed by atoms with Gasteiger partial charge in [-0.3, -0.25) is 0 Å². The fraction of sp³-hybridized carbons (Fsp3) is 0.500. The van der Waals surface area contributed by atoms with Crippen molar-refractivity contribution in [1.29, 1.82) is 0 Å². The Morgan fingerprint density at radius 1 is 0.500 bits per heavy atom. The van der Waals surface area contributed by atoms with Gasteiger partial charge in [-0.05, 0) is 0 Å². The minimum absolute atomic E-state index is 1.75. The van der Waals surface area contributed by atoms with Crippen LogP contribution in [-0.2, 0) is 34.5 Å². The molecule has 0 fully saturated rings. The van der Waals surface area contributed by atoms with E-state index in [2.05, 4.69) is 100 Å². The van der Waals surface area contributed by atoms with E-state index in [-0.39, 0.29) is 0 Å². The van der Waals surface area contributed by atoms with E-state index in [0.717, 1.165) is 0 Å². The molecule has 0 unspecified atom stereocenters. The Labute approximate surface area is 126 Å². The molecule has 0 aliphatic carbocycles. The maximum atomic E-state index is 3.25. The average molecular weight is 764 g/mol. The predicted octanol–water partition coefficient (Wildman–Crippen LogP) is 5.13. The van der Waals surface area contributed by atoms with Crippen molar-refractivity contribution in [3.05, 3.63) is 27.7 Å². The van der Waals surface area contributed by atoms with Gasteiger partial charge in [0.15, 0.2) is 0 Å². The summed E-state index contributed by atoms with van der Waals surface area (Å²) in [6.45, 7) is 20.0. The summed E-state index contributed by atoms with van der Waals surface area (Å²) in [4.78, 5) is 0. The first-order chi connectivity index (χ1) is 6.00. The molecule has 0 rings (SSSR count). The standard InChI is InChI=1S/4C2H5.2Au.2HI/c4*1-2;;;;/h4*1H2,2H3;;;2*1H/q4*-1;2*+1;;/p-2. The molecular formula is C8H20Au2I2-4. The van der Waals surface area contributed by atoms with Gasteiger partial charge in [0.2, 0.25) is 0 Å². The van der Waals surface area contributed by atoms with Crippen LogP contribution in [0.15, 0.2) is 0 Å². The third kappa shape index (κ3) is 213. The number of rotatable bonds is 0. The number of halogens is 2. The fourth-order valence-electron chi connectivity index (χ4n) is 0. The Balaban J connectivity index is -0.00000000900. The first-order valence-corrected chi connectivity index (χ1v) is 15.3. The van der Waals surface area contributed by atoms with Crippen LogP contribution in [0.4, 0.5) is 0 Å². The Hall–Kier alpha value is 2.94. The van der Waals surface area contributed by atoms with E-state index in [0.29, 0.717) is 0 Å². The van der Waals surface area contributed by atoms with Gasteiger partial charge in [-0.2, -0.15) is 27.7 Å². The van der Waals surface area contributed by atoms with E-state index in [9.17, 15) is 0 Å². The van der Waals surface area contributed by atoms with Crippen molar-refractivity contribution >= 4 is 38.0 Å². The molecule has 12 heavy (non-hydrogen) atoms. The van der Waals surface area contributed by atoms with Crippen LogP contribution < -0.4 is 0 Å². The van der Waals surface area contributed by atoms with Gasteiger partial charge in [-0.15, -0.1) is 0 Å². The predicted molar refractivity (Wildman–Crippen MR) is 72.2 cm³/mol. The molecule has 0 saturated heterocycles. The monoisotopic (exact) mass is 764 g/mol. The minimum atomic E-state index is 1.75. The molecule has 92 valence electrons. The van der Waals surface area contributed by atoms with Crippen LogP contribution in [0.5, 0.6) is 0 Å². The van der Waals surface area contributed by atoms with Gasteiger partial charge in [-0.25, -0.2) is 0 Å². The number of hydrogen-bond acceptors (Lipinski definition) is 0. The SMILES string of the molecule is [CH2-]C.[CH2-]C.[CH2-]C.[CH2-]C.[I][Au].[I][Au]. The van der Waals surface area contributed by atoms with E-state index in [1.807, 2.05) is 0 Å². The molecule has 0 nitrogen and oxygen atoms in total. The third-order valence-electron chi connectivity index (χ3n) is 0. The molecular weight excluding hydrogens is 744 g/mol. The molecule has 0 atom stereocenters. The summed E-state index contributed by atoms with van der Waals surface area (Å²) in [7, 11) is 0. The second-order valence-electron chi connectivity index (χ2n) is 0. The summed E-state index contributed by atoms with van der Waals surface area (Å²) in [6, 6.07) is 0. The van der Waals surface area contributed by atoms with Crippen molar-refractivity contribution in [3.63, 3.8) is 0 Å². The maximum absolute atomic E-state index is 3.25. The van der Waals surface area contributed by atoms with Crippen molar-refractivity contribution in [2.45, 2.75) is 27.7 Å². The van der Waals surface area contributed by atoms with Crippen molar-refractivity contribution in [2.24, 2.45) is 0 Å². The van der Waals surface area contributed by atoms with Gasteiger partial charge >= 0.3 is 72.5 Å². The number of hydrogen-bond donors (Lipinski definition) is 0. The van der Waals surface area contributed by atoms with Gasteiger partial charge in [0, 0.05) is 0 Å². The van der Waals surface area contributed by atoms with Gasteiger partial charge in [-0.1, -0.05) is 0 Å². The molecule has 0 bridgehead atoms. The molecule has 0 N–H and O–H groups in total. The van der Waals surface area contributed by atoms with Crippen LogP contribution >= 0.6 is 38.0 Å². The first-order valence-electron chi connectivity index (χ1n) is 3.06. The molecule has 0 saturated carbocycles. The van der Waals surface area contributed by atoms with Gasteiger partial charge in [0.05, 0.1) is 0 Å². The Morgan fingerprint density at radius 3 is 0.500 bits per heavy atom. The van der Waals surface area contributed by atoms with Crippen molar-refractivity contribution < 1.29 is 34.5 Å². The van der Waals surface area contributed by atoms with Gasteiger partial charge in [0.25, 0.3) is 0 Å². The van der Waals surface area contributed by atoms with Crippen LogP contribution in [-0.4, -0.2) is 0 Å². The molecule has 0 aliphatic rings. The molecule has 0 spiro atoms. The summed E-state index contributed by atoms with van der Waals surface area (Å²) in [5.74, 6) is 0. The summed E-state index contributed by atoms with van der Waals surface area (Å²) < 4.78 is 0. The second-order valence-corrected chi connectivity index (χ2v) is 0. The van der Waals surface area contributed by atoms with Gasteiger partial charge in [0.1, 0.15) is 0 Å². The van der Waals surface area contributed by atoms with Crippen LogP contribution in [0.25, 0.3) is 0 Å². The zero-order valence-electron chi connectivity index (χ0n) is 8.19. The van der Waals surface area contributed by atoms with Crippen molar-refractivity contribution in [1.82, 2.24) is 0 Å². The van der Waals surface area contributed by atoms with Crippen molar-refractivity contribution in [2.75, 3.05) is 0 Å². The Morgan fingerprint density at radius 2 is 0.500 bits per heavy atom. The second kappa shape index (κ2) is 270. The van der Waals surface area contributed by atoms with E-state index in [4.69, 9.17) is 0 Å². The fourth-order valence-corrected chi connectivity index (χ4v) is 0. The zero-order chi connectivity index (χ0) is 12.0. The molecule has 0 amide bonds. The van der Waals surface area contributed by atoms with Gasteiger partial charge < -0.3 is 27.7 Å². The first kappa shape index (κ1) is 36.3. The molecule has 0 aromatic carbocycles. The molecule has 0 aromatic rings. The topological polar surface area (TPSA) is 0 Å². The van der Waals surface area contributed by atoms with E-state index < -0.39 is 0 Å². The van der Waals surface area contributed by atoms with Crippen LogP contribution in [0.2, 0.25) is 0 Å². The summed E-state index contributed by atoms with van der Waals surface area (Å²) >= 11 is 8.68. The van der Waals surface area contributed by atoms with E-state index in [1.165, 1.54) is 0 Å². The normalized spacial score (nSPS) is 3.17. The molecule has 0 aliphatic heterocycles. The summed E-state index contributed by atoms with van der Waals surface area (Å²) in [6.07, 6.45) is 0. The van der Waals surface area contributed by atoms with Crippen LogP contribution in [0.1, 0.15) is 27.7 Å². The van der Waals surface area contributed by atoms with Crippen molar-refractivity contribution in [3.8, 4) is 0 Å². The average Bonchev–Trinajstić information content (AvgIpc) is 2.33. The summed E-state index contributed by atoms with van der Waals surface area (Å²) in [5.41, 5.74) is 0. The van der Waals surface area contributed by atoms with Crippen LogP contribution in [0, 0.1) is 27.7 Å². The van der Waals surface area contributed by atoms with E-state index in [1.54, 1.807) is 27.7 Å². The molecule has 4 heteroatoms. The molecule has 0 heterocycles. The molecule has 0 radical (unpaired) electrons. The molecule has 0 aromatic heterocycles.